The van der Waals surface area contributed by atoms with E-state index in [1.807, 2.05) is 42.5 Å². The van der Waals surface area contributed by atoms with E-state index in [9.17, 15) is 4.79 Å². The van der Waals surface area contributed by atoms with Gasteiger partial charge in [-0.05, 0) is 48.6 Å². The Morgan fingerprint density at radius 2 is 2.04 bits per heavy atom. The molecule has 1 aliphatic rings. The molecule has 7 heteroatoms. The fourth-order valence-corrected chi connectivity index (χ4v) is 3.54. The van der Waals surface area contributed by atoms with Gasteiger partial charge in [0.1, 0.15) is 0 Å². The van der Waals surface area contributed by atoms with Crippen LogP contribution < -0.4 is 11.1 Å². The van der Waals surface area contributed by atoms with Crippen LogP contribution in [0.2, 0.25) is 5.02 Å². The van der Waals surface area contributed by atoms with Crippen LogP contribution in [-0.2, 0) is 4.79 Å². The van der Waals surface area contributed by atoms with Crippen LogP contribution in [0.15, 0.2) is 48.7 Å². The molecule has 3 atom stereocenters. The highest BCUT2D eigenvalue weighted by Gasteiger charge is 2.27. The molecule has 0 radical (unpaired) electrons. The molecule has 2 aromatic rings. The van der Waals surface area contributed by atoms with Gasteiger partial charge in [-0.25, -0.2) is 0 Å². The smallest absolute Gasteiger partial charge is 0.221 e. The molecule has 1 aliphatic carbocycles. The second kappa shape index (κ2) is 10.7. The Hall–Kier alpha value is -1.33. The molecule has 0 aliphatic heterocycles. The molecule has 4 nitrogen and oxygen atoms in total. The van der Waals surface area contributed by atoms with E-state index >= 15 is 0 Å². The minimum atomic E-state index is -0.310. The van der Waals surface area contributed by atoms with Gasteiger partial charge in [-0.15, -0.1) is 24.8 Å². The van der Waals surface area contributed by atoms with E-state index in [2.05, 4.69) is 10.3 Å². The third kappa shape index (κ3) is 5.85. The van der Waals surface area contributed by atoms with Crippen LogP contribution in [0.5, 0.6) is 0 Å². The van der Waals surface area contributed by atoms with Crippen molar-refractivity contribution in [3.8, 4) is 0 Å². The van der Waals surface area contributed by atoms with Crippen LogP contribution in [0, 0.1) is 5.92 Å². The van der Waals surface area contributed by atoms with Gasteiger partial charge in [0.25, 0.3) is 0 Å². The number of nitrogens with two attached hydrogens (primary N) is 1. The van der Waals surface area contributed by atoms with Crippen molar-refractivity contribution >= 4 is 42.3 Å². The molecule has 26 heavy (non-hydrogen) atoms. The molecule has 1 heterocycles. The summed E-state index contributed by atoms with van der Waals surface area (Å²) in [4.78, 5) is 17.0. The Kier molecular flexibility index (Phi) is 9.37. The van der Waals surface area contributed by atoms with Gasteiger partial charge in [-0.3, -0.25) is 9.78 Å². The van der Waals surface area contributed by atoms with Gasteiger partial charge in [-0.1, -0.05) is 36.2 Å². The van der Waals surface area contributed by atoms with E-state index in [-0.39, 0.29) is 48.7 Å². The molecule has 0 bridgehead atoms. The number of carbonyl (C=O) groups is 1. The van der Waals surface area contributed by atoms with Crippen LogP contribution in [-0.4, -0.2) is 16.9 Å². The molecular weight excluding hydrogens is 393 g/mol. The Morgan fingerprint density at radius 3 is 2.65 bits per heavy atom. The second-order valence-corrected chi connectivity index (χ2v) is 6.81. The average Bonchev–Trinajstić information content (AvgIpc) is 2.98. The number of nitrogens with zero attached hydrogens (tertiary/aromatic N) is 1. The van der Waals surface area contributed by atoms with Gasteiger partial charge in [0.15, 0.2) is 0 Å². The molecule has 1 aromatic carbocycles. The number of nitrogens with one attached hydrogen (secondary N) is 1. The van der Waals surface area contributed by atoms with E-state index < -0.39 is 0 Å². The quantitative estimate of drug-likeness (QED) is 0.763. The van der Waals surface area contributed by atoms with Crippen molar-refractivity contribution in [2.24, 2.45) is 11.7 Å². The number of carbonyl (C=O) groups excluding carboxylic acids is 1. The molecule has 1 unspecified atom stereocenters. The summed E-state index contributed by atoms with van der Waals surface area (Å²) >= 11 is 6.12. The molecule has 0 spiro atoms. The topological polar surface area (TPSA) is 68.0 Å². The lowest BCUT2D eigenvalue weighted by Crippen LogP contribution is -2.34. The first-order valence-electron chi connectivity index (χ1n) is 8.35. The van der Waals surface area contributed by atoms with Gasteiger partial charge < -0.3 is 11.1 Å². The van der Waals surface area contributed by atoms with Crippen molar-refractivity contribution in [1.29, 1.82) is 0 Å². The lowest BCUT2D eigenvalue weighted by Gasteiger charge is -2.21. The molecule has 1 fully saturated rings. The first-order chi connectivity index (χ1) is 11.6. The number of benzene rings is 1. The summed E-state index contributed by atoms with van der Waals surface area (Å²) < 4.78 is 0. The van der Waals surface area contributed by atoms with Crippen molar-refractivity contribution in [1.82, 2.24) is 10.3 Å². The lowest BCUT2D eigenvalue weighted by atomic mass is 9.98. The highest BCUT2D eigenvalue weighted by Crippen LogP contribution is 2.28. The number of hydrogen-bond donors (Lipinski definition) is 2. The Bertz CT molecular complexity index is 699. The normalized spacial score (nSPS) is 19.8. The summed E-state index contributed by atoms with van der Waals surface area (Å²) in [6.45, 7) is 0. The number of amides is 1. The average molecular weight is 417 g/mol. The number of hydrogen-bond acceptors (Lipinski definition) is 3. The SMILES string of the molecule is Cl.Cl.N[C@@H]1CCC[C@H]1CC(=O)NC(c1cccc(Cl)c1)c1ccccn1. The summed E-state index contributed by atoms with van der Waals surface area (Å²) in [5, 5.41) is 3.75. The van der Waals surface area contributed by atoms with Crippen LogP contribution in [0.1, 0.15) is 43.0 Å². The third-order valence-corrected chi connectivity index (χ3v) is 4.87. The molecule has 142 valence electrons. The fourth-order valence-electron chi connectivity index (χ4n) is 3.34. The number of rotatable bonds is 5. The fraction of sp³-hybridized carbons (Fsp3) is 0.368. The third-order valence-electron chi connectivity index (χ3n) is 4.64. The van der Waals surface area contributed by atoms with E-state index in [0.29, 0.717) is 11.4 Å². The highest BCUT2D eigenvalue weighted by atomic mass is 35.5. The van der Waals surface area contributed by atoms with Crippen molar-refractivity contribution in [2.45, 2.75) is 37.8 Å². The van der Waals surface area contributed by atoms with Crippen LogP contribution in [0.4, 0.5) is 0 Å². The molecule has 1 aromatic heterocycles. The van der Waals surface area contributed by atoms with Crippen LogP contribution in [0.25, 0.3) is 0 Å². The largest absolute Gasteiger partial charge is 0.344 e. The maximum atomic E-state index is 12.6. The Labute approximate surface area is 171 Å². The lowest BCUT2D eigenvalue weighted by molar-refractivity contribution is -0.122. The van der Waals surface area contributed by atoms with Gasteiger partial charge in [0.05, 0.1) is 11.7 Å². The maximum absolute atomic E-state index is 12.6. The zero-order chi connectivity index (χ0) is 16.9. The minimum absolute atomic E-state index is 0. The number of aromatic nitrogens is 1. The van der Waals surface area contributed by atoms with E-state index in [1.54, 1.807) is 6.20 Å². The Balaban J connectivity index is 0.00000169. The highest BCUT2D eigenvalue weighted by molar-refractivity contribution is 6.30. The molecule has 0 saturated heterocycles. The number of pyridine rings is 1. The van der Waals surface area contributed by atoms with Crippen LogP contribution in [0.3, 0.4) is 0 Å². The Morgan fingerprint density at radius 1 is 1.23 bits per heavy atom. The standard InChI is InChI=1S/C19H22ClN3O.2ClH/c20-15-7-3-6-14(11-15)19(17-9-1-2-10-22-17)23-18(24)12-13-5-4-8-16(13)21;;/h1-3,6-7,9-11,13,16,19H,4-5,8,12,21H2,(H,23,24);2*1H/t13-,16+,19?;;/m0../s1. The summed E-state index contributed by atoms with van der Waals surface area (Å²) in [5.74, 6) is 0.279. The predicted molar refractivity (Wildman–Crippen MR) is 110 cm³/mol. The van der Waals surface area contributed by atoms with Gasteiger partial charge in [-0.2, -0.15) is 0 Å². The van der Waals surface area contributed by atoms with E-state index in [4.69, 9.17) is 17.3 Å². The van der Waals surface area contributed by atoms with Gasteiger partial charge in [0, 0.05) is 23.7 Å². The summed E-state index contributed by atoms with van der Waals surface area (Å²) in [7, 11) is 0. The predicted octanol–water partition coefficient (Wildman–Crippen LogP) is 4.30. The van der Waals surface area contributed by atoms with Crippen molar-refractivity contribution in [2.75, 3.05) is 0 Å². The molecule has 3 N–H and O–H groups in total. The zero-order valence-electron chi connectivity index (χ0n) is 14.3. The second-order valence-electron chi connectivity index (χ2n) is 6.37. The van der Waals surface area contributed by atoms with Crippen molar-refractivity contribution < 1.29 is 4.79 Å². The summed E-state index contributed by atoms with van der Waals surface area (Å²) in [5.41, 5.74) is 7.81. The van der Waals surface area contributed by atoms with Gasteiger partial charge in [0.2, 0.25) is 5.91 Å². The van der Waals surface area contributed by atoms with Crippen molar-refractivity contribution in [3.05, 3.63) is 64.9 Å². The zero-order valence-corrected chi connectivity index (χ0v) is 16.7. The molecular formula is C19H24Cl3N3O. The first-order valence-corrected chi connectivity index (χ1v) is 8.72. The minimum Gasteiger partial charge on any atom is -0.344 e. The summed E-state index contributed by atoms with van der Waals surface area (Å²) in [6, 6.07) is 13.0. The molecule has 3 rings (SSSR count). The van der Waals surface area contributed by atoms with Crippen LogP contribution >= 0.6 is 36.4 Å². The van der Waals surface area contributed by atoms with Crippen molar-refractivity contribution in [3.63, 3.8) is 0 Å². The van der Waals surface area contributed by atoms with E-state index in [1.165, 1.54) is 0 Å². The maximum Gasteiger partial charge on any atom is 0.221 e. The summed E-state index contributed by atoms with van der Waals surface area (Å²) in [6.07, 6.45) is 5.34. The molecule has 1 amide bonds. The van der Waals surface area contributed by atoms with E-state index in [0.717, 1.165) is 30.5 Å². The monoisotopic (exact) mass is 415 g/mol. The number of halogens is 3. The first kappa shape index (κ1) is 22.7. The molecule has 1 saturated carbocycles. The van der Waals surface area contributed by atoms with Gasteiger partial charge >= 0.3 is 0 Å².